The first-order valence-electron chi connectivity index (χ1n) is 3.43. The van der Waals surface area contributed by atoms with Crippen LogP contribution in [0.5, 0.6) is 0 Å². The molecule has 0 spiro atoms. The summed E-state index contributed by atoms with van der Waals surface area (Å²) in [5, 5.41) is 9.19. The van der Waals surface area contributed by atoms with Crippen LogP contribution in [0.2, 0.25) is 5.15 Å². The van der Waals surface area contributed by atoms with Gasteiger partial charge in [-0.05, 0) is 22.0 Å². The Morgan fingerprint density at radius 3 is 3.00 bits per heavy atom. The SMILES string of the molecule is NN([CH]c1cc(Br)cnc1Cl)C(=O)O. The minimum absolute atomic E-state index is 0.185. The van der Waals surface area contributed by atoms with Crippen molar-refractivity contribution in [3.05, 3.63) is 34.0 Å². The molecule has 7 heteroatoms. The number of pyridine rings is 1. The van der Waals surface area contributed by atoms with E-state index in [1.165, 1.54) is 12.7 Å². The zero-order valence-electron chi connectivity index (χ0n) is 6.82. The van der Waals surface area contributed by atoms with Crippen molar-refractivity contribution >= 4 is 33.6 Å². The lowest BCUT2D eigenvalue weighted by atomic mass is 10.3. The molecule has 0 aliphatic rings. The van der Waals surface area contributed by atoms with E-state index in [4.69, 9.17) is 22.6 Å². The molecule has 0 aliphatic heterocycles. The van der Waals surface area contributed by atoms with Crippen LogP contribution in [0.25, 0.3) is 0 Å². The van der Waals surface area contributed by atoms with Gasteiger partial charge in [0.2, 0.25) is 0 Å². The van der Waals surface area contributed by atoms with Gasteiger partial charge in [0.25, 0.3) is 0 Å². The summed E-state index contributed by atoms with van der Waals surface area (Å²) in [6.45, 7) is 1.17. The fraction of sp³-hybridized carbons (Fsp3) is 0. The van der Waals surface area contributed by atoms with Gasteiger partial charge in [-0.1, -0.05) is 11.6 Å². The molecule has 0 fully saturated rings. The van der Waals surface area contributed by atoms with Gasteiger partial charge < -0.3 is 5.11 Å². The van der Waals surface area contributed by atoms with Crippen LogP contribution in [0.15, 0.2) is 16.7 Å². The minimum Gasteiger partial charge on any atom is -0.464 e. The molecule has 0 atom stereocenters. The predicted molar refractivity (Wildman–Crippen MR) is 54.4 cm³/mol. The van der Waals surface area contributed by atoms with E-state index < -0.39 is 6.09 Å². The molecule has 0 aliphatic carbocycles. The van der Waals surface area contributed by atoms with Gasteiger partial charge in [-0.2, -0.15) is 0 Å². The third-order valence-electron chi connectivity index (χ3n) is 1.33. The average molecular weight is 280 g/mol. The molecule has 1 amide bonds. The van der Waals surface area contributed by atoms with Crippen molar-refractivity contribution < 1.29 is 9.90 Å². The molecule has 0 saturated carbocycles. The molecular weight excluding hydrogens is 273 g/mol. The van der Waals surface area contributed by atoms with Gasteiger partial charge >= 0.3 is 6.09 Å². The zero-order chi connectivity index (χ0) is 10.7. The van der Waals surface area contributed by atoms with Gasteiger partial charge in [-0.25, -0.2) is 20.6 Å². The van der Waals surface area contributed by atoms with Crippen molar-refractivity contribution in [2.45, 2.75) is 0 Å². The van der Waals surface area contributed by atoms with Crippen LogP contribution < -0.4 is 5.84 Å². The number of hydrogen-bond acceptors (Lipinski definition) is 3. The van der Waals surface area contributed by atoms with Crippen molar-refractivity contribution in [1.29, 1.82) is 0 Å². The summed E-state index contributed by atoms with van der Waals surface area (Å²) < 4.78 is 0.687. The van der Waals surface area contributed by atoms with Crippen LogP contribution >= 0.6 is 27.5 Å². The molecule has 0 bridgehead atoms. The fourth-order valence-electron chi connectivity index (χ4n) is 0.734. The Labute approximate surface area is 93.6 Å². The Bertz CT molecular complexity index is 361. The van der Waals surface area contributed by atoms with Crippen molar-refractivity contribution in [1.82, 2.24) is 9.99 Å². The number of carboxylic acid groups (broad SMARTS) is 1. The maximum absolute atomic E-state index is 10.4. The topological polar surface area (TPSA) is 79.5 Å². The number of nitrogens with two attached hydrogens (primary N) is 1. The molecule has 3 N–H and O–H groups in total. The lowest BCUT2D eigenvalue weighted by Crippen LogP contribution is -2.33. The molecule has 0 aromatic carbocycles. The van der Waals surface area contributed by atoms with E-state index in [0.29, 0.717) is 15.0 Å². The highest BCUT2D eigenvalue weighted by Gasteiger charge is 2.11. The Kier molecular flexibility index (Phi) is 3.68. The third-order valence-corrected chi connectivity index (χ3v) is 2.08. The number of hydrazine groups is 1. The smallest absolute Gasteiger partial charge is 0.422 e. The summed E-state index contributed by atoms with van der Waals surface area (Å²) in [5.41, 5.74) is 0.422. The Hall–Kier alpha value is -0.850. The van der Waals surface area contributed by atoms with Gasteiger partial charge in [-0.15, -0.1) is 0 Å². The summed E-state index contributed by atoms with van der Waals surface area (Å²) in [5.74, 6) is 5.14. The van der Waals surface area contributed by atoms with Crippen LogP contribution in [-0.2, 0) is 0 Å². The molecule has 1 aromatic rings. The van der Waals surface area contributed by atoms with Gasteiger partial charge in [0.1, 0.15) is 11.7 Å². The van der Waals surface area contributed by atoms with Crippen LogP contribution in [0.1, 0.15) is 5.56 Å². The highest BCUT2D eigenvalue weighted by molar-refractivity contribution is 9.10. The first kappa shape index (κ1) is 11.2. The lowest BCUT2D eigenvalue weighted by molar-refractivity contribution is 0.158. The molecular formula is C7H6BrClN3O2. The second-order valence-corrected chi connectivity index (χ2v) is 3.63. The molecule has 0 unspecified atom stereocenters. The maximum Gasteiger partial charge on any atom is 0.422 e. The van der Waals surface area contributed by atoms with Crippen molar-refractivity contribution in [2.75, 3.05) is 0 Å². The Balaban J connectivity index is 2.85. The molecule has 1 rings (SSSR count). The predicted octanol–water partition coefficient (Wildman–Crippen LogP) is 1.86. The number of aromatic nitrogens is 1. The van der Waals surface area contributed by atoms with Gasteiger partial charge in [0.05, 0.1) is 0 Å². The highest BCUT2D eigenvalue weighted by atomic mass is 79.9. The average Bonchev–Trinajstić information content (AvgIpc) is 2.11. The third kappa shape index (κ3) is 2.83. The zero-order valence-corrected chi connectivity index (χ0v) is 9.16. The summed E-state index contributed by atoms with van der Waals surface area (Å²) in [7, 11) is 0. The van der Waals surface area contributed by atoms with Crippen molar-refractivity contribution in [3.8, 4) is 0 Å². The molecule has 0 saturated heterocycles. The normalized spacial score (nSPS) is 9.93. The molecule has 14 heavy (non-hydrogen) atoms. The van der Waals surface area contributed by atoms with E-state index >= 15 is 0 Å². The number of halogens is 2. The van der Waals surface area contributed by atoms with E-state index in [9.17, 15) is 4.79 Å². The van der Waals surface area contributed by atoms with Crippen LogP contribution in [0.3, 0.4) is 0 Å². The van der Waals surface area contributed by atoms with Crippen LogP contribution in [0.4, 0.5) is 4.79 Å². The largest absolute Gasteiger partial charge is 0.464 e. The summed E-state index contributed by atoms with van der Waals surface area (Å²) in [6.07, 6.45) is 0.224. The van der Waals surface area contributed by atoms with E-state index in [1.807, 2.05) is 0 Å². The second kappa shape index (κ2) is 4.59. The number of nitrogens with zero attached hydrogens (tertiary/aromatic N) is 2. The molecule has 1 aromatic heterocycles. The Morgan fingerprint density at radius 1 is 1.79 bits per heavy atom. The number of carbonyl (C=O) groups is 1. The number of amides is 1. The lowest BCUT2D eigenvalue weighted by Gasteiger charge is -2.11. The monoisotopic (exact) mass is 278 g/mol. The highest BCUT2D eigenvalue weighted by Crippen LogP contribution is 2.19. The van der Waals surface area contributed by atoms with Crippen molar-refractivity contribution in [3.63, 3.8) is 0 Å². The fourth-order valence-corrected chi connectivity index (χ4v) is 1.23. The number of rotatable bonds is 2. The van der Waals surface area contributed by atoms with Gasteiger partial charge in [-0.3, -0.25) is 0 Å². The first-order chi connectivity index (χ1) is 6.50. The molecule has 1 radical (unpaired) electrons. The summed E-state index contributed by atoms with van der Waals surface area (Å²) >= 11 is 8.88. The van der Waals surface area contributed by atoms with Crippen LogP contribution in [-0.4, -0.2) is 21.2 Å². The van der Waals surface area contributed by atoms with Crippen LogP contribution in [0, 0.1) is 6.54 Å². The van der Waals surface area contributed by atoms with E-state index in [1.54, 1.807) is 6.07 Å². The van der Waals surface area contributed by atoms with E-state index in [0.717, 1.165) is 0 Å². The first-order valence-corrected chi connectivity index (χ1v) is 4.60. The van der Waals surface area contributed by atoms with Gasteiger partial charge in [0, 0.05) is 16.2 Å². The standard InChI is InChI=1S/C7H6BrClN3O2/c8-5-1-4(6(9)11-2-5)3-12(10)7(13)14/h1-3H,10H2,(H,13,14). The second-order valence-electron chi connectivity index (χ2n) is 2.35. The van der Waals surface area contributed by atoms with Gasteiger partial charge in [0.15, 0.2) is 0 Å². The summed E-state index contributed by atoms with van der Waals surface area (Å²) in [4.78, 5) is 14.2. The van der Waals surface area contributed by atoms with E-state index in [-0.39, 0.29) is 5.15 Å². The Morgan fingerprint density at radius 2 is 2.43 bits per heavy atom. The van der Waals surface area contributed by atoms with E-state index in [2.05, 4.69) is 20.9 Å². The minimum atomic E-state index is -1.28. The number of hydrogen-bond donors (Lipinski definition) is 2. The molecule has 75 valence electrons. The summed E-state index contributed by atoms with van der Waals surface area (Å²) in [6, 6.07) is 1.61. The molecule has 1 heterocycles. The quantitative estimate of drug-likeness (QED) is 0.375. The molecule has 5 nitrogen and oxygen atoms in total. The maximum atomic E-state index is 10.4. The van der Waals surface area contributed by atoms with Crippen molar-refractivity contribution in [2.24, 2.45) is 5.84 Å².